The predicted molar refractivity (Wildman–Crippen MR) is 71.1 cm³/mol. The molecule has 1 aromatic heterocycles. The van der Waals surface area contributed by atoms with Crippen molar-refractivity contribution in [1.29, 1.82) is 5.26 Å². The lowest BCUT2D eigenvalue weighted by atomic mass is 10.2. The van der Waals surface area contributed by atoms with Crippen molar-refractivity contribution < 1.29 is 9.85 Å². The Morgan fingerprint density at radius 1 is 1.32 bits per heavy atom. The van der Waals surface area contributed by atoms with Crippen molar-refractivity contribution in [1.82, 2.24) is 20.6 Å². The average Bonchev–Trinajstić information content (AvgIpc) is 3.01. The van der Waals surface area contributed by atoms with E-state index in [2.05, 4.69) is 25.9 Å². The van der Waals surface area contributed by atoms with E-state index in [0.717, 1.165) is 18.3 Å². The Bertz CT molecular complexity index is 760. The molecule has 0 spiro atoms. The van der Waals surface area contributed by atoms with Gasteiger partial charge < -0.3 is 5.32 Å². The number of tetrazole rings is 1. The SMILES string of the molecule is N#CC(=CNc1c([N+](=O)[O-])cccc1[N+](=O)[O-])c1nn[nH]n1. The molecule has 2 rings (SSSR count). The molecule has 12 nitrogen and oxygen atoms in total. The first-order chi connectivity index (χ1) is 10.5. The third kappa shape index (κ3) is 2.82. The van der Waals surface area contributed by atoms with Crippen LogP contribution >= 0.6 is 0 Å². The van der Waals surface area contributed by atoms with Gasteiger partial charge >= 0.3 is 0 Å². The summed E-state index contributed by atoms with van der Waals surface area (Å²) in [6.45, 7) is 0. The molecule has 0 unspecified atom stereocenters. The number of para-hydroxylation sites is 1. The number of nitrogens with one attached hydrogen (secondary N) is 2. The Kier molecular flexibility index (Phi) is 3.99. The number of nitro groups is 2. The molecule has 0 radical (unpaired) electrons. The molecular weight excluding hydrogens is 296 g/mol. The molecule has 0 saturated heterocycles. The van der Waals surface area contributed by atoms with Crippen LogP contribution in [0.4, 0.5) is 17.1 Å². The Morgan fingerprint density at radius 2 is 1.95 bits per heavy atom. The maximum Gasteiger partial charge on any atom is 0.299 e. The molecule has 2 N–H and O–H groups in total. The minimum Gasteiger partial charge on any atom is -0.349 e. The van der Waals surface area contributed by atoms with Gasteiger partial charge in [0.1, 0.15) is 11.6 Å². The van der Waals surface area contributed by atoms with Crippen LogP contribution in [0.15, 0.2) is 24.4 Å². The van der Waals surface area contributed by atoms with Crippen molar-refractivity contribution in [2.24, 2.45) is 0 Å². The third-order valence-corrected chi connectivity index (χ3v) is 2.48. The zero-order valence-corrected chi connectivity index (χ0v) is 10.6. The summed E-state index contributed by atoms with van der Waals surface area (Å²) in [6.07, 6.45) is 1.03. The van der Waals surface area contributed by atoms with E-state index < -0.39 is 21.2 Å². The summed E-state index contributed by atoms with van der Waals surface area (Å²) in [7, 11) is 0. The van der Waals surface area contributed by atoms with Gasteiger partial charge in [-0.2, -0.15) is 10.5 Å². The summed E-state index contributed by atoms with van der Waals surface area (Å²) in [4.78, 5) is 20.4. The Morgan fingerprint density at radius 3 is 2.41 bits per heavy atom. The number of nitrogens with zero attached hydrogens (tertiary/aromatic N) is 6. The number of aromatic amines is 1. The van der Waals surface area contributed by atoms with Gasteiger partial charge in [0.05, 0.1) is 9.85 Å². The first-order valence-corrected chi connectivity index (χ1v) is 5.57. The number of benzene rings is 1. The van der Waals surface area contributed by atoms with E-state index in [1.807, 2.05) is 0 Å². The van der Waals surface area contributed by atoms with E-state index in [9.17, 15) is 20.2 Å². The van der Waals surface area contributed by atoms with Crippen LogP contribution in [0.1, 0.15) is 5.82 Å². The van der Waals surface area contributed by atoms with Crippen LogP contribution in [0.3, 0.4) is 0 Å². The highest BCUT2D eigenvalue weighted by atomic mass is 16.6. The number of hydrogen-bond donors (Lipinski definition) is 2. The summed E-state index contributed by atoms with van der Waals surface area (Å²) in [5.41, 5.74) is -1.47. The molecule has 12 heteroatoms. The van der Waals surface area contributed by atoms with E-state index >= 15 is 0 Å². The quantitative estimate of drug-likeness (QED) is 0.463. The zero-order valence-electron chi connectivity index (χ0n) is 10.6. The summed E-state index contributed by atoms with van der Waals surface area (Å²) in [5, 5.41) is 45.8. The minimum atomic E-state index is -0.774. The molecule has 22 heavy (non-hydrogen) atoms. The smallest absolute Gasteiger partial charge is 0.299 e. The second-order valence-electron chi connectivity index (χ2n) is 3.74. The third-order valence-electron chi connectivity index (χ3n) is 2.48. The second-order valence-corrected chi connectivity index (χ2v) is 3.74. The molecule has 2 aromatic rings. The van der Waals surface area contributed by atoms with Gasteiger partial charge in [-0.05, 0) is 11.3 Å². The minimum absolute atomic E-state index is 0.0590. The highest BCUT2D eigenvalue weighted by Crippen LogP contribution is 2.34. The molecule has 0 aliphatic carbocycles. The van der Waals surface area contributed by atoms with E-state index in [1.165, 1.54) is 6.07 Å². The fraction of sp³-hybridized carbons (Fsp3) is 0. The van der Waals surface area contributed by atoms with Crippen LogP contribution in [-0.4, -0.2) is 30.5 Å². The fourth-order valence-electron chi connectivity index (χ4n) is 1.55. The van der Waals surface area contributed by atoms with Crippen LogP contribution in [0.2, 0.25) is 0 Å². The number of aromatic nitrogens is 4. The molecule has 0 bridgehead atoms. The Balaban J connectivity index is 2.46. The molecule has 0 fully saturated rings. The first kappa shape index (κ1) is 14.5. The summed E-state index contributed by atoms with van der Waals surface area (Å²) < 4.78 is 0. The number of anilines is 1. The van der Waals surface area contributed by atoms with Gasteiger partial charge in [0.25, 0.3) is 11.4 Å². The van der Waals surface area contributed by atoms with Crippen LogP contribution < -0.4 is 5.32 Å². The molecule has 0 atom stereocenters. The number of H-pyrrole nitrogens is 1. The lowest BCUT2D eigenvalue weighted by Crippen LogP contribution is -2.01. The van der Waals surface area contributed by atoms with Crippen LogP contribution in [-0.2, 0) is 0 Å². The van der Waals surface area contributed by atoms with E-state index in [4.69, 9.17) is 5.26 Å². The highest BCUT2D eigenvalue weighted by Gasteiger charge is 2.24. The number of hydrogen-bond acceptors (Lipinski definition) is 9. The van der Waals surface area contributed by atoms with Crippen LogP contribution in [0, 0.1) is 31.6 Å². The highest BCUT2D eigenvalue weighted by molar-refractivity contribution is 5.79. The number of nitriles is 1. The lowest BCUT2D eigenvalue weighted by molar-refractivity contribution is -0.392. The maximum absolute atomic E-state index is 11.0. The van der Waals surface area contributed by atoms with Crippen molar-refractivity contribution >= 4 is 22.6 Å². The molecule has 0 amide bonds. The van der Waals surface area contributed by atoms with Crippen molar-refractivity contribution in [3.05, 3.63) is 50.5 Å². The van der Waals surface area contributed by atoms with Crippen LogP contribution in [0.25, 0.3) is 5.57 Å². The van der Waals surface area contributed by atoms with Crippen LogP contribution in [0.5, 0.6) is 0 Å². The summed E-state index contributed by atoms with van der Waals surface area (Å²) in [6, 6.07) is 5.14. The van der Waals surface area contributed by atoms with Gasteiger partial charge in [0.2, 0.25) is 5.82 Å². The number of rotatable bonds is 5. The van der Waals surface area contributed by atoms with Gasteiger partial charge in [-0.3, -0.25) is 20.2 Å². The van der Waals surface area contributed by atoms with Crippen molar-refractivity contribution in [3.8, 4) is 6.07 Å². The molecule has 0 aliphatic heterocycles. The van der Waals surface area contributed by atoms with E-state index in [0.29, 0.717) is 0 Å². The molecule has 1 aromatic carbocycles. The topological polar surface area (TPSA) is 177 Å². The van der Waals surface area contributed by atoms with Gasteiger partial charge in [0, 0.05) is 18.3 Å². The Labute approximate surface area is 121 Å². The number of nitro benzene ring substituents is 2. The maximum atomic E-state index is 11.0. The van der Waals surface area contributed by atoms with Crippen molar-refractivity contribution in [2.45, 2.75) is 0 Å². The normalized spacial score (nSPS) is 10.8. The van der Waals surface area contributed by atoms with Gasteiger partial charge in [-0.1, -0.05) is 0 Å². The molecule has 110 valence electrons. The standard InChI is InChI=1S/C10H6N8O4/c11-4-6(10-13-15-16-14-10)5-12-9-7(17(19)20)2-1-3-8(9)18(21)22/h1-3,5,12H,(H,13,14,15,16). The van der Waals surface area contributed by atoms with Gasteiger partial charge in [-0.15, -0.1) is 10.2 Å². The molecule has 0 aliphatic rings. The Hall–Kier alpha value is -3.88. The molecular formula is C10H6N8O4. The van der Waals surface area contributed by atoms with Crippen molar-refractivity contribution in [2.75, 3.05) is 5.32 Å². The molecule has 1 heterocycles. The second kappa shape index (κ2) is 6.05. The van der Waals surface area contributed by atoms with Gasteiger partial charge in [-0.25, -0.2) is 0 Å². The first-order valence-electron chi connectivity index (χ1n) is 5.57. The zero-order chi connectivity index (χ0) is 16.1. The fourth-order valence-corrected chi connectivity index (χ4v) is 1.55. The lowest BCUT2D eigenvalue weighted by Gasteiger charge is -2.03. The summed E-state index contributed by atoms with van der Waals surface area (Å²) >= 11 is 0. The predicted octanol–water partition coefficient (Wildman–Crippen LogP) is 0.993. The summed E-state index contributed by atoms with van der Waals surface area (Å²) in [5.74, 6) is -0.0590. The van der Waals surface area contributed by atoms with Crippen molar-refractivity contribution in [3.63, 3.8) is 0 Å². The van der Waals surface area contributed by atoms with E-state index in [1.54, 1.807) is 6.07 Å². The average molecular weight is 302 g/mol. The molecule has 0 saturated carbocycles. The monoisotopic (exact) mass is 302 g/mol. The van der Waals surface area contributed by atoms with Gasteiger partial charge in [0.15, 0.2) is 5.69 Å². The number of allylic oxidation sites excluding steroid dienone is 1. The van der Waals surface area contributed by atoms with E-state index in [-0.39, 0.29) is 17.1 Å². The largest absolute Gasteiger partial charge is 0.349 e.